The van der Waals surface area contributed by atoms with E-state index in [2.05, 4.69) is 4.99 Å². The SMILES string of the molecule is O=[Te]1C=CN=C1. The van der Waals surface area contributed by atoms with Gasteiger partial charge in [-0.05, 0) is 0 Å². The molecule has 1 heterocycles. The molecular weight excluding hydrogens is 194 g/mol. The molecule has 0 fully saturated rings. The van der Waals surface area contributed by atoms with Gasteiger partial charge in [0.05, 0.1) is 0 Å². The molecule has 1 aliphatic rings. The van der Waals surface area contributed by atoms with Crippen molar-refractivity contribution in [3.8, 4) is 0 Å². The van der Waals surface area contributed by atoms with E-state index in [4.69, 9.17) is 0 Å². The fourth-order valence-corrected chi connectivity index (χ4v) is 1.51. The molecule has 0 saturated heterocycles. The molecule has 0 spiro atoms. The van der Waals surface area contributed by atoms with Crippen LogP contribution >= 0.6 is 0 Å². The van der Waals surface area contributed by atoms with Gasteiger partial charge < -0.3 is 0 Å². The Kier molecular flexibility index (Phi) is 1.13. The van der Waals surface area contributed by atoms with Crippen LogP contribution in [-0.2, 0) is 3.10 Å². The van der Waals surface area contributed by atoms with E-state index in [0.717, 1.165) is 0 Å². The van der Waals surface area contributed by atoms with Gasteiger partial charge in [-0.3, -0.25) is 0 Å². The molecule has 0 aliphatic carbocycles. The van der Waals surface area contributed by atoms with Gasteiger partial charge in [-0.15, -0.1) is 0 Å². The first kappa shape index (κ1) is 4.17. The Labute approximate surface area is 42.6 Å². The van der Waals surface area contributed by atoms with Crippen LogP contribution < -0.4 is 0 Å². The zero-order chi connectivity index (χ0) is 4.41. The Morgan fingerprint density at radius 2 is 2.50 bits per heavy atom. The zero-order valence-electron chi connectivity index (χ0n) is 3.00. The molecule has 6 heavy (non-hydrogen) atoms. The van der Waals surface area contributed by atoms with Crippen LogP contribution in [0.1, 0.15) is 0 Å². The van der Waals surface area contributed by atoms with Gasteiger partial charge >= 0.3 is 42.2 Å². The third-order valence-corrected chi connectivity index (χ3v) is 2.50. The van der Waals surface area contributed by atoms with Crippen molar-refractivity contribution in [3.05, 3.63) is 10.3 Å². The molecule has 2 nitrogen and oxygen atoms in total. The summed E-state index contributed by atoms with van der Waals surface area (Å²) >= 11 is -2.02. The molecule has 0 unspecified atom stereocenters. The third kappa shape index (κ3) is 0.735. The van der Waals surface area contributed by atoms with Gasteiger partial charge in [0.2, 0.25) is 0 Å². The summed E-state index contributed by atoms with van der Waals surface area (Å²) in [6.45, 7) is 0. The average molecular weight is 197 g/mol. The van der Waals surface area contributed by atoms with Gasteiger partial charge in [0.1, 0.15) is 0 Å². The standard InChI is InChI=1S/C3H3NOTe/c5-6-2-1-4-3-6/h1-3H. The number of aliphatic imine (C=N–C) groups is 1. The number of nitrogens with zero attached hydrogens (tertiary/aromatic N) is 1. The molecule has 1 rings (SSSR count). The molecule has 3 heteroatoms. The van der Waals surface area contributed by atoms with E-state index in [9.17, 15) is 3.10 Å². The van der Waals surface area contributed by atoms with Gasteiger partial charge in [0, 0.05) is 0 Å². The predicted molar refractivity (Wildman–Crippen MR) is 24.1 cm³/mol. The van der Waals surface area contributed by atoms with Crippen molar-refractivity contribution in [1.29, 1.82) is 0 Å². The molecule has 0 atom stereocenters. The van der Waals surface area contributed by atoms with Gasteiger partial charge in [0.25, 0.3) is 0 Å². The number of hydrogen-bond donors (Lipinski definition) is 0. The van der Waals surface area contributed by atoms with E-state index in [1.165, 1.54) is 4.26 Å². The summed E-state index contributed by atoms with van der Waals surface area (Å²) in [4.78, 5) is 3.62. The van der Waals surface area contributed by atoms with Crippen molar-refractivity contribution in [1.82, 2.24) is 0 Å². The minimum atomic E-state index is -2.02. The van der Waals surface area contributed by atoms with E-state index in [1.807, 2.05) is 0 Å². The van der Waals surface area contributed by atoms with Crippen molar-refractivity contribution < 1.29 is 3.10 Å². The van der Waals surface area contributed by atoms with Crippen LogP contribution in [0.4, 0.5) is 0 Å². The molecule has 1 aliphatic heterocycles. The van der Waals surface area contributed by atoms with Gasteiger partial charge in [-0.25, -0.2) is 0 Å². The second kappa shape index (κ2) is 1.63. The van der Waals surface area contributed by atoms with Gasteiger partial charge in [-0.2, -0.15) is 0 Å². The quantitative estimate of drug-likeness (QED) is 0.505. The summed E-state index contributed by atoms with van der Waals surface area (Å²) in [5.41, 5.74) is 0. The summed E-state index contributed by atoms with van der Waals surface area (Å²) in [5.74, 6) is 0. The Hall–Kier alpha value is -0.000390. The first-order valence-electron chi connectivity index (χ1n) is 1.49. The fraction of sp³-hybridized carbons (Fsp3) is 0. The van der Waals surface area contributed by atoms with Crippen molar-refractivity contribution in [2.24, 2.45) is 4.99 Å². The number of rotatable bonds is 0. The van der Waals surface area contributed by atoms with E-state index >= 15 is 0 Å². The molecule has 0 aromatic carbocycles. The molecule has 0 saturated carbocycles. The van der Waals surface area contributed by atoms with E-state index < -0.39 is 19.5 Å². The Balaban J connectivity index is 2.86. The Morgan fingerprint density at radius 1 is 1.67 bits per heavy atom. The minimum absolute atomic E-state index is 1.53. The van der Waals surface area contributed by atoms with Crippen LogP contribution in [0, 0.1) is 0 Å². The predicted octanol–water partition coefficient (Wildman–Crippen LogP) is 0.0849. The molecule has 0 bridgehead atoms. The van der Waals surface area contributed by atoms with E-state index in [-0.39, 0.29) is 0 Å². The van der Waals surface area contributed by atoms with Crippen molar-refractivity contribution in [2.45, 2.75) is 0 Å². The Morgan fingerprint density at radius 3 is 2.67 bits per heavy atom. The summed E-state index contributed by atoms with van der Waals surface area (Å²) in [7, 11) is 0. The molecule has 32 valence electrons. The van der Waals surface area contributed by atoms with Crippen molar-refractivity contribution >= 4 is 23.8 Å². The van der Waals surface area contributed by atoms with Crippen LogP contribution in [0.25, 0.3) is 0 Å². The van der Waals surface area contributed by atoms with Gasteiger partial charge in [-0.1, -0.05) is 0 Å². The molecule has 0 aromatic rings. The summed E-state index contributed by atoms with van der Waals surface area (Å²) in [5, 5.41) is 0. The zero-order valence-corrected chi connectivity index (χ0v) is 5.33. The van der Waals surface area contributed by atoms with Crippen LogP contribution in [0.15, 0.2) is 15.3 Å². The molecular formula is C3H3NOTe. The second-order valence-electron chi connectivity index (χ2n) is 0.868. The second-order valence-corrected chi connectivity index (χ2v) is 4.12. The monoisotopic (exact) mass is 199 g/mol. The van der Waals surface area contributed by atoms with E-state index in [0.29, 0.717) is 0 Å². The van der Waals surface area contributed by atoms with Crippen molar-refractivity contribution in [2.75, 3.05) is 0 Å². The maximum atomic E-state index is 10.3. The first-order chi connectivity index (χ1) is 2.89. The summed E-state index contributed by atoms with van der Waals surface area (Å²) in [6, 6.07) is 0. The Bertz CT molecular complexity index is 113. The summed E-state index contributed by atoms with van der Waals surface area (Å²) in [6.07, 6.45) is 1.59. The topological polar surface area (TPSA) is 29.4 Å². The third-order valence-electron chi connectivity index (χ3n) is 0.446. The maximum absolute atomic E-state index is 10.3. The summed E-state index contributed by atoms with van der Waals surface area (Å²) < 4.78 is 13.5. The molecule has 0 amide bonds. The molecule has 0 radical (unpaired) electrons. The van der Waals surface area contributed by atoms with Crippen LogP contribution in [-0.4, -0.2) is 23.8 Å². The number of hydrogen-bond acceptors (Lipinski definition) is 2. The average Bonchev–Trinajstić information content (AvgIpc) is 1.86. The molecule has 0 N–H and O–H groups in total. The van der Waals surface area contributed by atoms with Crippen LogP contribution in [0.3, 0.4) is 0 Å². The van der Waals surface area contributed by atoms with Crippen LogP contribution in [0.5, 0.6) is 0 Å². The van der Waals surface area contributed by atoms with Crippen LogP contribution in [0.2, 0.25) is 0 Å². The van der Waals surface area contributed by atoms with E-state index in [1.54, 1.807) is 10.3 Å². The fourth-order valence-electron chi connectivity index (χ4n) is 0.225. The van der Waals surface area contributed by atoms with Gasteiger partial charge in [0.15, 0.2) is 0 Å². The molecule has 0 aromatic heterocycles. The normalized spacial score (nSPS) is 20.0. The van der Waals surface area contributed by atoms with Crippen molar-refractivity contribution in [3.63, 3.8) is 0 Å². The first-order valence-corrected chi connectivity index (χ1v) is 5.13.